The van der Waals surface area contributed by atoms with Crippen LogP contribution in [0.3, 0.4) is 0 Å². The van der Waals surface area contributed by atoms with Crippen LogP contribution in [0.1, 0.15) is 49.7 Å². The lowest BCUT2D eigenvalue weighted by atomic mass is 10.0. The van der Waals surface area contributed by atoms with Crippen LogP contribution < -0.4 is 38.5 Å². The van der Waals surface area contributed by atoms with Crippen LogP contribution in [0.25, 0.3) is 0 Å². The maximum Gasteiger partial charge on any atom is 0.325 e. The Labute approximate surface area is 249 Å². The Morgan fingerprint density at radius 3 is 2.21 bits per heavy atom. The Morgan fingerprint density at radius 2 is 1.60 bits per heavy atom. The van der Waals surface area contributed by atoms with E-state index in [9.17, 15) is 33.9 Å². The Balaban J connectivity index is 2.03. The van der Waals surface area contributed by atoms with Gasteiger partial charge >= 0.3 is 12.0 Å². The molecular formula is C27H41N9O7. The second kappa shape index (κ2) is 17.4. The van der Waals surface area contributed by atoms with E-state index in [1.54, 1.807) is 24.3 Å². The lowest BCUT2D eigenvalue weighted by Crippen LogP contribution is -2.55. The highest BCUT2D eigenvalue weighted by atomic mass is 16.4. The Morgan fingerprint density at radius 1 is 0.953 bits per heavy atom. The van der Waals surface area contributed by atoms with Gasteiger partial charge in [0.05, 0.1) is 6.42 Å². The average molecular weight is 604 g/mol. The standard InChI is InChI=1S/C27H41N9O7/c28-10-2-1-5-18(24(40)32-12-4-3-11-29)34-25(41)19(14-22(38)39)33-21(37)15-36-26(42)20(35-27(36)43)13-16-6-8-17(9-7-16)23(30)31/h6-9,18-20H,1-5,10-15,28-29H2,(H3,30,31)(H,32,40)(H,33,37)(H,34,41)(H,35,43)(H,38,39)/t18-,19-,20?/m0/s1. The fourth-order valence-corrected chi connectivity index (χ4v) is 4.33. The molecular weight excluding hydrogens is 562 g/mol. The van der Waals surface area contributed by atoms with Crippen molar-refractivity contribution in [2.75, 3.05) is 26.2 Å². The van der Waals surface area contributed by atoms with Gasteiger partial charge in [-0.3, -0.25) is 34.3 Å². The lowest BCUT2D eigenvalue weighted by molar-refractivity contribution is -0.141. The summed E-state index contributed by atoms with van der Waals surface area (Å²) in [5.41, 5.74) is 17.6. The molecule has 3 atom stereocenters. The highest BCUT2D eigenvalue weighted by molar-refractivity contribution is 6.07. The van der Waals surface area contributed by atoms with E-state index in [2.05, 4.69) is 21.3 Å². The second-order valence-electron chi connectivity index (χ2n) is 10.1. The van der Waals surface area contributed by atoms with E-state index in [1.165, 1.54) is 0 Å². The number of carboxylic acids is 1. The summed E-state index contributed by atoms with van der Waals surface area (Å²) in [6.45, 7) is 0.428. The van der Waals surface area contributed by atoms with Gasteiger partial charge in [0.1, 0.15) is 30.5 Å². The summed E-state index contributed by atoms with van der Waals surface area (Å²) < 4.78 is 0. The van der Waals surface area contributed by atoms with Gasteiger partial charge in [0.2, 0.25) is 17.7 Å². The van der Waals surface area contributed by atoms with Gasteiger partial charge in [-0.05, 0) is 50.8 Å². The number of nitrogens with zero attached hydrogens (tertiary/aromatic N) is 1. The van der Waals surface area contributed by atoms with Crippen molar-refractivity contribution < 1.29 is 33.9 Å². The van der Waals surface area contributed by atoms with Crippen molar-refractivity contribution >= 4 is 41.5 Å². The third kappa shape index (κ3) is 11.3. The zero-order chi connectivity index (χ0) is 31.9. The van der Waals surface area contributed by atoms with Gasteiger partial charge in [0, 0.05) is 18.5 Å². The minimum Gasteiger partial charge on any atom is -0.481 e. The Bertz CT molecular complexity index is 1180. The van der Waals surface area contributed by atoms with Crippen molar-refractivity contribution in [3.63, 3.8) is 0 Å². The molecule has 0 radical (unpaired) electrons. The fraction of sp³-hybridized carbons (Fsp3) is 0.519. The molecule has 1 aromatic carbocycles. The molecule has 236 valence electrons. The monoisotopic (exact) mass is 603 g/mol. The summed E-state index contributed by atoms with van der Waals surface area (Å²) in [5.74, 6) is -4.51. The number of carbonyl (C=O) groups is 6. The van der Waals surface area contributed by atoms with Gasteiger partial charge in [-0.2, -0.15) is 0 Å². The van der Waals surface area contributed by atoms with Crippen molar-refractivity contribution in [2.24, 2.45) is 17.2 Å². The van der Waals surface area contributed by atoms with Gasteiger partial charge < -0.3 is 43.6 Å². The first-order valence-electron chi connectivity index (χ1n) is 14.0. The van der Waals surface area contributed by atoms with Crippen molar-refractivity contribution in [1.29, 1.82) is 5.41 Å². The number of nitrogens with one attached hydrogen (secondary N) is 5. The number of unbranched alkanes of at least 4 members (excludes halogenated alkanes) is 2. The number of urea groups is 1. The minimum absolute atomic E-state index is 0.116. The molecule has 0 aromatic heterocycles. The maximum absolute atomic E-state index is 13.0. The predicted octanol–water partition coefficient (Wildman–Crippen LogP) is -2.14. The zero-order valence-corrected chi connectivity index (χ0v) is 23.9. The molecule has 1 aliphatic heterocycles. The predicted molar refractivity (Wildman–Crippen MR) is 156 cm³/mol. The van der Waals surface area contributed by atoms with E-state index in [1.807, 2.05) is 0 Å². The van der Waals surface area contributed by atoms with Crippen molar-refractivity contribution in [2.45, 2.75) is 63.1 Å². The number of imide groups is 1. The number of hydrogen-bond donors (Lipinski definition) is 9. The summed E-state index contributed by atoms with van der Waals surface area (Å²) >= 11 is 0. The number of carboxylic acid groups (broad SMARTS) is 1. The zero-order valence-electron chi connectivity index (χ0n) is 23.9. The van der Waals surface area contributed by atoms with E-state index < -0.39 is 66.7 Å². The molecule has 0 spiro atoms. The number of nitrogens with two attached hydrogens (primary N) is 3. The van der Waals surface area contributed by atoms with E-state index in [0.717, 1.165) is 0 Å². The van der Waals surface area contributed by atoms with Crippen LogP contribution in [0.2, 0.25) is 0 Å². The van der Waals surface area contributed by atoms with Crippen LogP contribution in [0.15, 0.2) is 24.3 Å². The lowest BCUT2D eigenvalue weighted by Gasteiger charge is -2.23. The first-order chi connectivity index (χ1) is 20.5. The molecule has 2 rings (SSSR count). The minimum atomic E-state index is -1.58. The van der Waals surface area contributed by atoms with Crippen LogP contribution in [-0.2, 0) is 30.4 Å². The molecule has 1 unspecified atom stereocenters. The van der Waals surface area contributed by atoms with Crippen molar-refractivity contribution in [3.05, 3.63) is 35.4 Å². The Kier molecular flexibility index (Phi) is 14.0. The van der Waals surface area contributed by atoms with Gasteiger partial charge in [-0.25, -0.2) is 4.79 Å². The van der Waals surface area contributed by atoms with Crippen molar-refractivity contribution in [1.82, 2.24) is 26.2 Å². The molecule has 1 fully saturated rings. The molecule has 1 aromatic rings. The molecule has 0 bridgehead atoms. The molecule has 12 N–H and O–H groups in total. The van der Waals surface area contributed by atoms with E-state index >= 15 is 0 Å². The second-order valence-corrected chi connectivity index (χ2v) is 10.1. The molecule has 16 heteroatoms. The summed E-state index contributed by atoms with van der Waals surface area (Å²) in [7, 11) is 0. The van der Waals surface area contributed by atoms with Crippen molar-refractivity contribution in [3.8, 4) is 0 Å². The summed E-state index contributed by atoms with van der Waals surface area (Å²) in [6, 6.07) is 2.16. The van der Waals surface area contributed by atoms with E-state index in [-0.39, 0.29) is 18.7 Å². The molecule has 1 aliphatic rings. The summed E-state index contributed by atoms with van der Waals surface area (Å²) in [5, 5.41) is 26.8. The Hall–Kier alpha value is -4.57. The topological polar surface area (TPSA) is 276 Å². The van der Waals surface area contributed by atoms with E-state index in [0.29, 0.717) is 61.3 Å². The van der Waals surface area contributed by atoms with Crippen LogP contribution in [0, 0.1) is 5.41 Å². The number of nitrogen functional groups attached to an aromatic ring is 1. The normalized spacial score (nSPS) is 15.8. The van der Waals surface area contributed by atoms with Gasteiger partial charge in [0.15, 0.2) is 0 Å². The summed E-state index contributed by atoms with van der Waals surface area (Å²) in [4.78, 5) is 76.0. The SMILES string of the molecule is N=C(N)c1ccc(CC2NC(=O)N(CC(=O)N[C@@H](CC(=O)O)C(=O)N[C@@H](CCCCN)C(=O)NCCCCN)C2=O)cc1. The van der Waals surface area contributed by atoms with Gasteiger partial charge in [0.25, 0.3) is 5.91 Å². The average Bonchev–Trinajstić information content (AvgIpc) is 3.21. The van der Waals surface area contributed by atoms with Gasteiger partial charge in [-0.15, -0.1) is 0 Å². The third-order valence-corrected chi connectivity index (χ3v) is 6.65. The fourth-order valence-electron chi connectivity index (χ4n) is 4.33. The molecule has 1 heterocycles. The maximum atomic E-state index is 13.0. The molecule has 43 heavy (non-hydrogen) atoms. The highest BCUT2D eigenvalue weighted by Gasteiger charge is 2.39. The first kappa shape index (κ1) is 34.6. The molecule has 0 aliphatic carbocycles. The summed E-state index contributed by atoms with van der Waals surface area (Å²) in [6.07, 6.45) is 2.00. The van der Waals surface area contributed by atoms with E-state index in [4.69, 9.17) is 22.6 Å². The molecule has 16 nitrogen and oxygen atoms in total. The number of amidine groups is 1. The molecule has 6 amide bonds. The van der Waals surface area contributed by atoms with Gasteiger partial charge in [-0.1, -0.05) is 24.3 Å². The number of amides is 6. The number of benzene rings is 1. The third-order valence-electron chi connectivity index (χ3n) is 6.65. The van der Waals surface area contributed by atoms with Crippen LogP contribution in [-0.4, -0.2) is 95.8 Å². The van der Waals surface area contributed by atoms with Crippen LogP contribution in [0.4, 0.5) is 4.79 Å². The smallest absolute Gasteiger partial charge is 0.325 e. The number of rotatable bonds is 19. The molecule has 1 saturated heterocycles. The quantitative estimate of drug-likeness (QED) is 0.0358. The number of hydrogen-bond acceptors (Lipinski definition) is 9. The molecule has 0 saturated carbocycles. The first-order valence-corrected chi connectivity index (χ1v) is 14.0. The van der Waals surface area contributed by atoms with Crippen LogP contribution >= 0.6 is 0 Å². The largest absolute Gasteiger partial charge is 0.481 e. The highest BCUT2D eigenvalue weighted by Crippen LogP contribution is 2.13. The number of carbonyl (C=O) groups excluding carboxylic acids is 5. The number of aliphatic carboxylic acids is 1. The van der Waals surface area contributed by atoms with Crippen LogP contribution in [0.5, 0.6) is 0 Å².